The van der Waals surface area contributed by atoms with Gasteiger partial charge in [-0.2, -0.15) is 0 Å². The van der Waals surface area contributed by atoms with Crippen LogP contribution in [-0.4, -0.2) is 23.9 Å². The van der Waals surface area contributed by atoms with Gasteiger partial charge in [0.15, 0.2) is 0 Å². The van der Waals surface area contributed by atoms with Crippen molar-refractivity contribution in [2.75, 3.05) is 13.1 Å². The van der Waals surface area contributed by atoms with Gasteiger partial charge in [0.1, 0.15) is 0 Å². The summed E-state index contributed by atoms with van der Waals surface area (Å²) in [5, 5.41) is 0. The molecule has 25 heavy (non-hydrogen) atoms. The molecule has 2 aromatic rings. The van der Waals surface area contributed by atoms with Crippen molar-refractivity contribution in [3.8, 4) is 0 Å². The van der Waals surface area contributed by atoms with Crippen LogP contribution in [0.2, 0.25) is 0 Å². The minimum Gasteiger partial charge on any atom is -0.369 e. The molecular weight excluding hydrogens is 308 g/mol. The SMILES string of the molecule is CCC(C(N)=O)(c1ccccc1)C1CCN(Cc2ccccc2)CC1. The number of hydrogen-bond donors (Lipinski definition) is 1. The van der Waals surface area contributed by atoms with Crippen molar-refractivity contribution in [2.24, 2.45) is 11.7 Å². The van der Waals surface area contributed by atoms with Crippen LogP contribution >= 0.6 is 0 Å². The van der Waals surface area contributed by atoms with E-state index in [0.717, 1.165) is 44.5 Å². The average molecular weight is 336 g/mol. The van der Waals surface area contributed by atoms with Crippen molar-refractivity contribution in [3.63, 3.8) is 0 Å². The van der Waals surface area contributed by atoms with E-state index in [4.69, 9.17) is 5.73 Å². The van der Waals surface area contributed by atoms with Gasteiger partial charge in [-0.3, -0.25) is 9.69 Å². The van der Waals surface area contributed by atoms with E-state index in [2.05, 4.69) is 54.3 Å². The molecule has 3 heteroatoms. The monoisotopic (exact) mass is 336 g/mol. The van der Waals surface area contributed by atoms with E-state index in [-0.39, 0.29) is 5.91 Å². The number of hydrogen-bond acceptors (Lipinski definition) is 2. The molecule has 1 unspecified atom stereocenters. The van der Waals surface area contributed by atoms with Gasteiger partial charge in [0, 0.05) is 6.54 Å². The Morgan fingerprint density at radius 1 is 1.04 bits per heavy atom. The summed E-state index contributed by atoms with van der Waals surface area (Å²) in [5.41, 5.74) is 7.83. The van der Waals surface area contributed by atoms with Gasteiger partial charge in [0.25, 0.3) is 0 Å². The first kappa shape index (κ1) is 17.7. The molecule has 2 N–H and O–H groups in total. The van der Waals surface area contributed by atoms with Crippen molar-refractivity contribution in [2.45, 2.75) is 38.1 Å². The molecule has 0 bridgehead atoms. The Labute approximate surface area is 150 Å². The number of benzene rings is 2. The summed E-state index contributed by atoms with van der Waals surface area (Å²) in [6, 6.07) is 20.7. The summed E-state index contributed by atoms with van der Waals surface area (Å²) in [6.45, 7) is 5.10. The van der Waals surface area contributed by atoms with Crippen LogP contribution in [0, 0.1) is 5.92 Å². The number of primary amides is 1. The smallest absolute Gasteiger partial charge is 0.228 e. The molecule has 0 saturated carbocycles. The fourth-order valence-electron chi connectivity index (χ4n) is 4.41. The highest BCUT2D eigenvalue weighted by Crippen LogP contribution is 2.41. The largest absolute Gasteiger partial charge is 0.369 e. The molecule has 0 radical (unpaired) electrons. The van der Waals surface area contributed by atoms with Crippen LogP contribution in [0.4, 0.5) is 0 Å². The Hall–Kier alpha value is -2.13. The predicted octanol–water partition coefficient (Wildman–Crippen LogP) is 3.73. The van der Waals surface area contributed by atoms with Crippen molar-refractivity contribution >= 4 is 5.91 Å². The highest BCUT2D eigenvalue weighted by Gasteiger charge is 2.45. The standard InChI is InChI=1S/C22H28N2O/c1-2-22(21(23)25,19-11-7-4-8-12-19)20-13-15-24(16-14-20)17-18-9-5-3-6-10-18/h3-12,20H,2,13-17H2,1H3,(H2,23,25). The van der Waals surface area contributed by atoms with Crippen LogP contribution in [0.3, 0.4) is 0 Å². The Morgan fingerprint density at radius 2 is 1.60 bits per heavy atom. The minimum atomic E-state index is -0.542. The Bertz CT molecular complexity index is 678. The van der Waals surface area contributed by atoms with Crippen LogP contribution < -0.4 is 5.73 Å². The van der Waals surface area contributed by atoms with Gasteiger partial charge in [-0.1, -0.05) is 67.6 Å². The van der Waals surface area contributed by atoms with Gasteiger partial charge in [-0.25, -0.2) is 0 Å². The van der Waals surface area contributed by atoms with Gasteiger partial charge in [-0.15, -0.1) is 0 Å². The topological polar surface area (TPSA) is 46.3 Å². The number of nitrogens with two attached hydrogens (primary N) is 1. The lowest BCUT2D eigenvalue weighted by molar-refractivity contribution is -0.126. The lowest BCUT2D eigenvalue weighted by Gasteiger charge is -2.43. The summed E-state index contributed by atoms with van der Waals surface area (Å²) in [4.78, 5) is 15.0. The van der Waals surface area contributed by atoms with Crippen molar-refractivity contribution in [1.29, 1.82) is 0 Å². The van der Waals surface area contributed by atoms with Gasteiger partial charge in [0.2, 0.25) is 5.91 Å². The first-order valence-electron chi connectivity index (χ1n) is 9.28. The zero-order chi connectivity index (χ0) is 17.7. The van der Waals surface area contributed by atoms with Crippen LogP contribution in [0.15, 0.2) is 60.7 Å². The van der Waals surface area contributed by atoms with Crippen molar-refractivity contribution in [3.05, 3.63) is 71.8 Å². The number of amides is 1. The third-order valence-corrected chi connectivity index (χ3v) is 5.82. The Balaban J connectivity index is 1.74. The number of piperidine rings is 1. The average Bonchev–Trinajstić information content (AvgIpc) is 2.65. The van der Waals surface area contributed by atoms with E-state index >= 15 is 0 Å². The molecule has 0 spiro atoms. The number of carbonyl (C=O) groups excluding carboxylic acids is 1. The zero-order valence-corrected chi connectivity index (χ0v) is 15.0. The maximum Gasteiger partial charge on any atom is 0.228 e. The highest BCUT2D eigenvalue weighted by molar-refractivity contribution is 5.87. The number of likely N-dealkylation sites (tertiary alicyclic amines) is 1. The van der Waals surface area contributed by atoms with Gasteiger partial charge in [0.05, 0.1) is 5.41 Å². The molecule has 0 aromatic heterocycles. The fourth-order valence-corrected chi connectivity index (χ4v) is 4.41. The van der Waals surface area contributed by atoms with Crippen LogP contribution in [0.5, 0.6) is 0 Å². The minimum absolute atomic E-state index is 0.178. The quantitative estimate of drug-likeness (QED) is 0.873. The molecule has 1 atom stereocenters. The molecule has 132 valence electrons. The van der Waals surface area contributed by atoms with Crippen LogP contribution in [0.25, 0.3) is 0 Å². The van der Waals surface area contributed by atoms with Gasteiger partial charge < -0.3 is 5.73 Å². The number of carbonyl (C=O) groups is 1. The Morgan fingerprint density at radius 3 is 2.12 bits per heavy atom. The van der Waals surface area contributed by atoms with Gasteiger partial charge >= 0.3 is 0 Å². The zero-order valence-electron chi connectivity index (χ0n) is 15.0. The maximum absolute atomic E-state index is 12.5. The first-order valence-corrected chi connectivity index (χ1v) is 9.28. The molecule has 1 fully saturated rings. The summed E-state index contributed by atoms with van der Waals surface area (Å²) < 4.78 is 0. The molecule has 3 nitrogen and oxygen atoms in total. The third-order valence-electron chi connectivity index (χ3n) is 5.82. The summed E-state index contributed by atoms with van der Waals surface area (Å²) in [5.74, 6) is 0.132. The molecule has 3 rings (SSSR count). The van der Waals surface area contributed by atoms with Crippen molar-refractivity contribution in [1.82, 2.24) is 4.90 Å². The summed E-state index contributed by atoms with van der Waals surface area (Å²) >= 11 is 0. The molecule has 2 aromatic carbocycles. The van der Waals surface area contributed by atoms with E-state index in [1.807, 2.05) is 18.2 Å². The van der Waals surface area contributed by atoms with E-state index in [9.17, 15) is 4.79 Å². The predicted molar refractivity (Wildman–Crippen MR) is 102 cm³/mol. The second-order valence-electron chi connectivity index (χ2n) is 7.09. The summed E-state index contributed by atoms with van der Waals surface area (Å²) in [6.07, 6.45) is 2.78. The molecule has 1 saturated heterocycles. The normalized spacial score (nSPS) is 18.6. The second kappa shape index (κ2) is 7.83. The highest BCUT2D eigenvalue weighted by atomic mass is 16.1. The van der Waals surface area contributed by atoms with E-state index in [0.29, 0.717) is 5.92 Å². The first-order chi connectivity index (χ1) is 12.2. The van der Waals surface area contributed by atoms with Crippen LogP contribution in [-0.2, 0) is 16.8 Å². The third kappa shape index (κ3) is 3.62. The van der Waals surface area contributed by atoms with Crippen LogP contribution in [0.1, 0.15) is 37.3 Å². The maximum atomic E-state index is 12.5. The lowest BCUT2D eigenvalue weighted by Crippen LogP contribution is -2.50. The lowest BCUT2D eigenvalue weighted by atomic mass is 9.64. The Kier molecular flexibility index (Phi) is 5.54. The molecular formula is C22H28N2O. The van der Waals surface area contributed by atoms with E-state index < -0.39 is 5.41 Å². The molecule has 1 amide bonds. The summed E-state index contributed by atoms with van der Waals surface area (Å²) in [7, 11) is 0. The second-order valence-corrected chi connectivity index (χ2v) is 7.09. The fraction of sp³-hybridized carbons (Fsp3) is 0.409. The molecule has 1 aliphatic heterocycles. The molecule has 1 aliphatic rings. The number of rotatable bonds is 6. The number of nitrogens with zero attached hydrogens (tertiary/aromatic N) is 1. The van der Waals surface area contributed by atoms with Gasteiger partial charge in [-0.05, 0) is 49.4 Å². The molecule has 1 heterocycles. The van der Waals surface area contributed by atoms with E-state index in [1.54, 1.807) is 0 Å². The van der Waals surface area contributed by atoms with Crippen molar-refractivity contribution < 1.29 is 4.79 Å². The van der Waals surface area contributed by atoms with E-state index in [1.165, 1.54) is 5.56 Å². The molecule has 0 aliphatic carbocycles.